The Morgan fingerprint density at radius 1 is 1.31 bits per heavy atom. The lowest BCUT2D eigenvalue weighted by Gasteiger charge is -2.24. The van der Waals surface area contributed by atoms with Crippen LogP contribution in [-0.4, -0.2) is 22.9 Å². The number of fused-ring (bicyclic) bond motifs is 1. The highest BCUT2D eigenvalue weighted by molar-refractivity contribution is 6.00. The molecular weight excluding hydrogens is 336 g/mol. The van der Waals surface area contributed by atoms with Crippen molar-refractivity contribution < 1.29 is 19.2 Å². The molecule has 1 aliphatic rings. The molecule has 1 heterocycles. The number of esters is 1. The number of anilines is 1. The number of nitro benzene ring substituents is 1. The Hall–Kier alpha value is -3.22. The van der Waals surface area contributed by atoms with Crippen LogP contribution in [0.1, 0.15) is 34.0 Å². The van der Waals surface area contributed by atoms with Gasteiger partial charge >= 0.3 is 5.97 Å². The molecule has 0 aromatic heterocycles. The minimum atomic E-state index is -0.934. The standard InChI is InChI=1S/C19H18N2O5/c1-3-12-4-6-15-13(9-12)10-17(26-19(15)23)18(22)20-16-7-5-14(21(24)25)8-11(16)2/h4-9,17H,3,10H2,1-2H3,(H,20,22). The fourth-order valence-corrected chi connectivity index (χ4v) is 2.93. The highest BCUT2D eigenvalue weighted by Crippen LogP contribution is 2.25. The summed E-state index contributed by atoms with van der Waals surface area (Å²) in [5, 5.41) is 13.5. The zero-order valence-electron chi connectivity index (χ0n) is 14.4. The summed E-state index contributed by atoms with van der Waals surface area (Å²) in [4.78, 5) is 35.0. The number of benzene rings is 2. The number of carbonyl (C=O) groups is 2. The zero-order valence-corrected chi connectivity index (χ0v) is 14.4. The summed E-state index contributed by atoms with van der Waals surface area (Å²) >= 11 is 0. The quantitative estimate of drug-likeness (QED) is 0.516. The maximum Gasteiger partial charge on any atom is 0.339 e. The number of cyclic esters (lactones) is 1. The average Bonchev–Trinajstić information content (AvgIpc) is 2.62. The van der Waals surface area contributed by atoms with Crippen molar-refractivity contribution >= 4 is 23.3 Å². The largest absolute Gasteiger partial charge is 0.448 e. The van der Waals surface area contributed by atoms with Crippen molar-refractivity contribution in [3.05, 3.63) is 68.8 Å². The van der Waals surface area contributed by atoms with Gasteiger partial charge in [0.2, 0.25) is 0 Å². The third kappa shape index (κ3) is 3.42. The smallest absolute Gasteiger partial charge is 0.339 e. The number of amides is 1. The monoisotopic (exact) mass is 354 g/mol. The van der Waals surface area contributed by atoms with E-state index in [9.17, 15) is 19.7 Å². The van der Waals surface area contributed by atoms with Crippen LogP contribution in [0.5, 0.6) is 0 Å². The first-order valence-corrected chi connectivity index (χ1v) is 8.27. The van der Waals surface area contributed by atoms with E-state index < -0.39 is 22.9 Å². The molecule has 1 unspecified atom stereocenters. The van der Waals surface area contributed by atoms with Crippen molar-refractivity contribution in [1.82, 2.24) is 0 Å². The highest BCUT2D eigenvalue weighted by Gasteiger charge is 2.31. The Kier molecular flexibility index (Phi) is 4.71. The minimum absolute atomic E-state index is 0.0504. The number of nitrogens with zero attached hydrogens (tertiary/aromatic N) is 1. The van der Waals surface area contributed by atoms with Crippen molar-refractivity contribution in [2.75, 3.05) is 5.32 Å². The van der Waals surface area contributed by atoms with Crippen molar-refractivity contribution in [1.29, 1.82) is 0 Å². The number of carbonyl (C=O) groups excluding carboxylic acids is 2. The van der Waals surface area contributed by atoms with Gasteiger partial charge in [0.05, 0.1) is 10.5 Å². The Morgan fingerprint density at radius 2 is 2.08 bits per heavy atom. The molecule has 0 saturated carbocycles. The minimum Gasteiger partial charge on any atom is -0.448 e. The lowest BCUT2D eigenvalue weighted by atomic mass is 9.95. The molecule has 0 saturated heterocycles. The van der Waals surface area contributed by atoms with Crippen LogP contribution in [0.4, 0.5) is 11.4 Å². The Bertz CT molecular complexity index is 907. The van der Waals surface area contributed by atoms with Crippen LogP contribution >= 0.6 is 0 Å². The molecule has 3 rings (SSSR count). The molecule has 1 N–H and O–H groups in total. The number of hydrogen-bond acceptors (Lipinski definition) is 5. The summed E-state index contributed by atoms with van der Waals surface area (Å²) in [6.45, 7) is 3.68. The Balaban J connectivity index is 1.78. The van der Waals surface area contributed by atoms with Crippen LogP contribution in [0.15, 0.2) is 36.4 Å². The van der Waals surface area contributed by atoms with Crippen molar-refractivity contribution in [2.45, 2.75) is 32.8 Å². The SMILES string of the molecule is CCc1ccc2c(c1)CC(C(=O)Nc1ccc([N+](=O)[O-])cc1C)OC2=O. The fraction of sp³-hybridized carbons (Fsp3) is 0.263. The van der Waals surface area contributed by atoms with Crippen LogP contribution in [0, 0.1) is 17.0 Å². The van der Waals surface area contributed by atoms with Crippen LogP contribution in [-0.2, 0) is 22.4 Å². The maximum atomic E-state index is 12.5. The van der Waals surface area contributed by atoms with E-state index in [0.717, 1.165) is 17.5 Å². The summed E-state index contributed by atoms with van der Waals surface area (Å²) in [5.74, 6) is -0.975. The molecule has 2 aromatic carbocycles. The number of aryl methyl sites for hydroxylation is 2. The van der Waals surface area contributed by atoms with Crippen molar-refractivity contribution in [3.8, 4) is 0 Å². The second-order valence-electron chi connectivity index (χ2n) is 6.19. The summed E-state index contributed by atoms with van der Waals surface area (Å²) in [6.07, 6.45) is 0.199. The van der Waals surface area contributed by atoms with Gasteiger partial charge in [0.1, 0.15) is 0 Å². The lowest BCUT2D eigenvalue weighted by molar-refractivity contribution is -0.384. The number of rotatable bonds is 4. The van der Waals surface area contributed by atoms with Crippen molar-refractivity contribution in [2.24, 2.45) is 0 Å². The van der Waals surface area contributed by atoms with E-state index >= 15 is 0 Å². The molecule has 1 amide bonds. The highest BCUT2D eigenvalue weighted by atomic mass is 16.6. The second-order valence-corrected chi connectivity index (χ2v) is 6.19. The summed E-state index contributed by atoms with van der Waals surface area (Å²) in [7, 11) is 0. The van der Waals surface area contributed by atoms with Gasteiger partial charge in [-0.25, -0.2) is 4.79 Å². The van der Waals surface area contributed by atoms with Gasteiger partial charge in [0.25, 0.3) is 11.6 Å². The number of hydrogen-bond donors (Lipinski definition) is 1. The third-order valence-electron chi connectivity index (χ3n) is 4.42. The lowest BCUT2D eigenvalue weighted by Crippen LogP contribution is -2.38. The molecule has 134 valence electrons. The Labute approximate surface area is 150 Å². The van der Waals surface area contributed by atoms with E-state index in [-0.39, 0.29) is 5.69 Å². The van der Waals surface area contributed by atoms with Gasteiger partial charge < -0.3 is 10.1 Å². The molecular formula is C19H18N2O5. The normalized spacial score (nSPS) is 15.8. The molecule has 2 aromatic rings. The van der Waals surface area contributed by atoms with Gasteiger partial charge in [-0.05, 0) is 42.2 Å². The molecule has 7 nitrogen and oxygen atoms in total. The zero-order chi connectivity index (χ0) is 18.8. The second kappa shape index (κ2) is 6.95. The molecule has 1 aliphatic heterocycles. The number of nitrogens with one attached hydrogen (secondary N) is 1. The molecule has 1 atom stereocenters. The van der Waals surface area contributed by atoms with E-state index in [1.54, 1.807) is 13.0 Å². The molecule has 0 fully saturated rings. The summed E-state index contributed by atoms with van der Waals surface area (Å²) in [6, 6.07) is 9.70. The van der Waals surface area contributed by atoms with E-state index in [1.807, 2.05) is 19.1 Å². The molecule has 26 heavy (non-hydrogen) atoms. The predicted molar refractivity (Wildman–Crippen MR) is 95.2 cm³/mol. The molecule has 0 aliphatic carbocycles. The fourth-order valence-electron chi connectivity index (χ4n) is 2.93. The van der Waals surface area contributed by atoms with Gasteiger partial charge in [0, 0.05) is 24.2 Å². The van der Waals surface area contributed by atoms with Crippen molar-refractivity contribution in [3.63, 3.8) is 0 Å². The Morgan fingerprint density at radius 3 is 2.73 bits per heavy atom. The third-order valence-corrected chi connectivity index (χ3v) is 4.42. The van der Waals surface area contributed by atoms with Crippen LogP contribution in [0.3, 0.4) is 0 Å². The summed E-state index contributed by atoms with van der Waals surface area (Å²) in [5.41, 5.74) is 3.32. The van der Waals surface area contributed by atoms with Gasteiger partial charge in [-0.1, -0.05) is 19.1 Å². The number of non-ortho nitro benzene ring substituents is 1. The van der Waals surface area contributed by atoms with Crippen LogP contribution in [0.25, 0.3) is 0 Å². The van der Waals surface area contributed by atoms with E-state index in [4.69, 9.17) is 4.74 Å². The van der Waals surface area contributed by atoms with Gasteiger partial charge in [-0.3, -0.25) is 14.9 Å². The van der Waals surface area contributed by atoms with E-state index in [2.05, 4.69) is 5.32 Å². The van der Waals surface area contributed by atoms with Crippen LogP contribution < -0.4 is 5.32 Å². The number of nitro groups is 1. The van der Waals surface area contributed by atoms with E-state index in [1.165, 1.54) is 18.2 Å². The van der Waals surface area contributed by atoms with E-state index in [0.29, 0.717) is 23.2 Å². The van der Waals surface area contributed by atoms with Gasteiger partial charge in [-0.2, -0.15) is 0 Å². The number of ether oxygens (including phenoxy) is 1. The molecule has 0 bridgehead atoms. The maximum absolute atomic E-state index is 12.5. The van der Waals surface area contributed by atoms with Crippen LogP contribution in [0.2, 0.25) is 0 Å². The molecule has 7 heteroatoms. The first-order valence-electron chi connectivity index (χ1n) is 8.27. The van der Waals surface area contributed by atoms with Gasteiger partial charge in [-0.15, -0.1) is 0 Å². The first kappa shape index (κ1) is 17.6. The topological polar surface area (TPSA) is 98.5 Å². The average molecular weight is 354 g/mol. The first-order chi connectivity index (χ1) is 12.4. The predicted octanol–water partition coefficient (Wildman–Crippen LogP) is 3.19. The molecule has 0 radical (unpaired) electrons. The molecule has 0 spiro atoms. The summed E-state index contributed by atoms with van der Waals surface area (Å²) < 4.78 is 5.26. The van der Waals surface area contributed by atoms with Gasteiger partial charge in [0.15, 0.2) is 6.10 Å².